The molecular weight excluding hydrogens is 282 g/mol. The maximum atomic E-state index is 6.08. The van der Waals surface area contributed by atoms with Crippen LogP contribution in [0.15, 0.2) is 29.3 Å². The predicted octanol–water partition coefficient (Wildman–Crippen LogP) is 1.71. The fourth-order valence-corrected chi connectivity index (χ4v) is 3.54. The summed E-state index contributed by atoms with van der Waals surface area (Å²) in [7, 11) is 0. The van der Waals surface area contributed by atoms with Gasteiger partial charge in [0.05, 0.1) is 17.6 Å². The van der Waals surface area contributed by atoms with Crippen molar-refractivity contribution in [2.24, 2.45) is 10.7 Å². The standard InChI is InChI=1S/C15H21N5S/c1-12-18-13-4-2-3-5-14(13)20(12)7-6-17-15(16)19-8-10-21-11-9-19/h2-5H,6-11H2,1H3,(H2,16,17). The number of nitrogens with two attached hydrogens (primary N) is 1. The number of nitrogens with zero attached hydrogens (tertiary/aromatic N) is 4. The van der Waals surface area contributed by atoms with Crippen LogP contribution >= 0.6 is 11.8 Å². The molecule has 0 spiro atoms. The Morgan fingerprint density at radius 1 is 1.33 bits per heavy atom. The van der Waals surface area contributed by atoms with Gasteiger partial charge in [0.15, 0.2) is 5.96 Å². The molecule has 2 aromatic rings. The summed E-state index contributed by atoms with van der Waals surface area (Å²) in [6, 6.07) is 8.21. The van der Waals surface area contributed by atoms with Crippen molar-refractivity contribution in [3.05, 3.63) is 30.1 Å². The van der Waals surface area contributed by atoms with Gasteiger partial charge in [-0.15, -0.1) is 0 Å². The number of guanidine groups is 1. The lowest BCUT2D eigenvalue weighted by Gasteiger charge is -2.27. The minimum absolute atomic E-state index is 0.678. The highest BCUT2D eigenvalue weighted by Crippen LogP contribution is 2.15. The van der Waals surface area contributed by atoms with E-state index in [4.69, 9.17) is 5.73 Å². The van der Waals surface area contributed by atoms with E-state index in [0.29, 0.717) is 12.5 Å². The monoisotopic (exact) mass is 303 g/mol. The summed E-state index contributed by atoms with van der Waals surface area (Å²) in [6.45, 7) is 5.56. The first-order chi connectivity index (χ1) is 10.3. The zero-order valence-electron chi connectivity index (χ0n) is 12.3. The largest absolute Gasteiger partial charge is 0.370 e. The predicted molar refractivity (Wildman–Crippen MR) is 89.9 cm³/mol. The Morgan fingerprint density at radius 2 is 2.10 bits per heavy atom. The summed E-state index contributed by atoms with van der Waals surface area (Å²) in [5.74, 6) is 3.99. The van der Waals surface area contributed by atoms with Crippen LogP contribution in [0.3, 0.4) is 0 Å². The van der Waals surface area contributed by atoms with Gasteiger partial charge in [-0.1, -0.05) is 12.1 Å². The summed E-state index contributed by atoms with van der Waals surface area (Å²) in [5.41, 5.74) is 8.29. The summed E-state index contributed by atoms with van der Waals surface area (Å²) < 4.78 is 2.21. The maximum absolute atomic E-state index is 6.08. The van der Waals surface area contributed by atoms with E-state index >= 15 is 0 Å². The van der Waals surface area contributed by atoms with Crippen LogP contribution in [0.1, 0.15) is 5.82 Å². The molecule has 0 radical (unpaired) electrons. The fraction of sp³-hybridized carbons (Fsp3) is 0.467. The van der Waals surface area contributed by atoms with Crippen LogP contribution in [0.4, 0.5) is 0 Å². The number of aliphatic imine (C=N–C) groups is 1. The third-order valence-corrected chi connectivity index (χ3v) is 4.72. The number of aromatic nitrogens is 2. The molecule has 0 atom stereocenters. The molecule has 1 aromatic heterocycles. The third kappa shape index (κ3) is 3.15. The molecule has 21 heavy (non-hydrogen) atoms. The van der Waals surface area contributed by atoms with E-state index in [0.717, 1.165) is 48.0 Å². The molecule has 0 unspecified atom stereocenters. The number of aryl methyl sites for hydroxylation is 1. The highest BCUT2D eigenvalue weighted by Gasteiger charge is 2.12. The Kier molecular flexibility index (Phi) is 4.34. The summed E-state index contributed by atoms with van der Waals surface area (Å²) >= 11 is 1.98. The summed E-state index contributed by atoms with van der Waals surface area (Å²) in [5, 5.41) is 0. The molecule has 0 amide bonds. The van der Waals surface area contributed by atoms with Crippen molar-refractivity contribution in [1.29, 1.82) is 0 Å². The van der Waals surface area contributed by atoms with Crippen molar-refractivity contribution in [2.45, 2.75) is 13.5 Å². The molecule has 2 heterocycles. The normalized spacial score (nSPS) is 16.6. The van der Waals surface area contributed by atoms with Crippen LogP contribution in [0, 0.1) is 6.92 Å². The minimum Gasteiger partial charge on any atom is -0.370 e. The molecule has 112 valence electrons. The molecule has 1 saturated heterocycles. The summed E-state index contributed by atoms with van der Waals surface area (Å²) in [6.07, 6.45) is 0. The van der Waals surface area contributed by atoms with Gasteiger partial charge >= 0.3 is 0 Å². The van der Waals surface area contributed by atoms with E-state index in [1.165, 1.54) is 0 Å². The SMILES string of the molecule is Cc1nc2ccccc2n1CCN=C(N)N1CCSCC1. The topological polar surface area (TPSA) is 59.4 Å². The van der Waals surface area contributed by atoms with E-state index in [2.05, 4.69) is 25.5 Å². The quantitative estimate of drug-likeness (QED) is 0.693. The molecule has 1 aliphatic heterocycles. The molecule has 0 saturated carbocycles. The number of fused-ring (bicyclic) bond motifs is 1. The van der Waals surface area contributed by atoms with Crippen LogP contribution in [0.5, 0.6) is 0 Å². The third-order valence-electron chi connectivity index (χ3n) is 3.78. The van der Waals surface area contributed by atoms with Crippen LogP contribution in [0.2, 0.25) is 0 Å². The smallest absolute Gasteiger partial charge is 0.191 e. The summed E-state index contributed by atoms with van der Waals surface area (Å²) in [4.78, 5) is 11.3. The van der Waals surface area contributed by atoms with E-state index in [1.807, 2.05) is 36.9 Å². The van der Waals surface area contributed by atoms with Crippen LogP contribution in [-0.2, 0) is 6.54 Å². The lowest BCUT2D eigenvalue weighted by atomic mass is 10.3. The number of hydrogen-bond donors (Lipinski definition) is 1. The second kappa shape index (κ2) is 6.39. The van der Waals surface area contributed by atoms with E-state index < -0.39 is 0 Å². The van der Waals surface area contributed by atoms with Crippen molar-refractivity contribution in [3.8, 4) is 0 Å². The first-order valence-corrected chi connectivity index (χ1v) is 8.45. The molecule has 2 N–H and O–H groups in total. The van der Waals surface area contributed by atoms with Gasteiger partial charge in [-0.05, 0) is 19.1 Å². The van der Waals surface area contributed by atoms with Crippen molar-refractivity contribution in [2.75, 3.05) is 31.1 Å². The lowest BCUT2D eigenvalue weighted by Crippen LogP contribution is -2.42. The van der Waals surface area contributed by atoms with Gasteiger partial charge in [0, 0.05) is 31.1 Å². The number of hydrogen-bond acceptors (Lipinski definition) is 3. The van der Waals surface area contributed by atoms with Gasteiger partial charge in [0.2, 0.25) is 0 Å². The maximum Gasteiger partial charge on any atom is 0.191 e. The fourth-order valence-electron chi connectivity index (χ4n) is 2.64. The zero-order valence-corrected chi connectivity index (χ0v) is 13.1. The number of para-hydroxylation sites is 2. The van der Waals surface area contributed by atoms with Gasteiger partial charge in [-0.3, -0.25) is 4.99 Å². The van der Waals surface area contributed by atoms with Crippen LogP contribution in [0.25, 0.3) is 11.0 Å². The van der Waals surface area contributed by atoms with Gasteiger partial charge in [-0.25, -0.2) is 4.98 Å². The average molecular weight is 303 g/mol. The molecule has 0 bridgehead atoms. The molecule has 3 rings (SSSR count). The Morgan fingerprint density at radius 3 is 2.90 bits per heavy atom. The van der Waals surface area contributed by atoms with Crippen LogP contribution < -0.4 is 5.73 Å². The first kappa shape index (κ1) is 14.3. The van der Waals surface area contributed by atoms with Gasteiger partial charge in [0.25, 0.3) is 0 Å². The molecule has 5 nitrogen and oxygen atoms in total. The highest BCUT2D eigenvalue weighted by molar-refractivity contribution is 7.99. The molecule has 0 aliphatic carbocycles. The number of benzene rings is 1. The molecule has 6 heteroatoms. The first-order valence-electron chi connectivity index (χ1n) is 7.30. The Hall–Kier alpha value is -1.69. The Labute approximate surface area is 129 Å². The second-order valence-corrected chi connectivity index (χ2v) is 6.36. The minimum atomic E-state index is 0.678. The lowest BCUT2D eigenvalue weighted by molar-refractivity contribution is 0.455. The van der Waals surface area contributed by atoms with E-state index in [9.17, 15) is 0 Å². The van der Waals surface area contributed by atoms with Crippen molar-refractivity contribution < 1.29 is 0 Å². The van der Waals surface area contributed by atoms with Crippen molar-refractivity contribution in [1.82, 2.24) is 14.5 Å². The molecule has 1 aromatic carbocycles. The molecular formula is C15H21N5S. The van der Waals surface area contributed by atoms with E-state index in [-0.39, 0.29) is 0 Å². The van der Waals surface area contributed by atoms with Gasteiger partial charge in [0.1, 0.15) is 5.82 Å². The number of rotatable bonds is 3. The Bertz CT molecular complexity index is 643. The second-order valence-electron chi connectivity index (χ2n) is 5.14. The van der Waals surface area contributed by atoms with Gasteiger partial charge < -0.3 is 15.2 Å². The highest BCUT2D eigenvalue weighted by atomic mass is 32.2. The number of imidazole rings is 1. The van der Waals surface area contributed by atoms with E-state index in [1.54, 1.807) is 0 Å². The number of thioether (sulfide) groups is 1. The van der Waals surface area contributed by atoms with Gasteiger partial charge in [-0.2, -0.15) is 11.8 Å². The Balaban J connectivity index is 1.67. The average Bonchev–Trinajstić information content (AvgIpc) is 2.84. The van der Waals surface area contributed by atoms with Crippen LogP contribution in [-0.4, -0.2) is 51.6 Å². The zero-order chi connectivity index (χ0) is 14.7. The van der Waals surface area contributed by atoms with Crippen molar-refractivity contribution >= 4 is 28.8 Å². The molecule has 1 aliphatic rings. The molecule has 1 fully saturated rings. The van der Waals surface area contributed by atoms with Crippen molar-refractivity contribution in [3.63, 3.8) is 0 Å².